The van der Waals surface area contributed by atoms with Crippen molar-refractivity contribution in [1.29, 1.82) is 0 Å². The van der Waals surface area contributed by atoms with Gasteiger partial charge in [0, 0.05) is 31.2 Å². The van der Waals surface area contributed by atoms with Gasteiger partial charge in [-0.15, -0.1) is 20.4 Å². The molecule has 2 unspecified atom stereocenters. The Labute approximate surface area is 196 Å². The van der Waals surface area contributed by atoms with Crippen molar-refractivity contribution in [3.8, 4) is 0 Å². The minimum absolute atomic E-state index is 0.222. The van der Waals surface area contributed by atoms with Crippen LogP contribution in [0.3, 0.4) is 0 Å². The summed E-state index contributed by atoms with van der Waals surface area (Å²) in [5.41, 5.74) is 1.31. The lowest BCUT2D eigenvalue weighted by Crippen LogP contribution is -2.22. The molecule has 31 heavy (non-hydrogen) atoms. The average Bonchev–Trinajstić information content (AvgIpc) is 3.45. The Kier molecular flexibility index (Phi) is 6.99. The van der Waals surface area contributed by atoms with Gasteiger partial charge in [0.15, 0.2) is 12.7 Å². The first-order valence-electron chi connectivity index (χ1n) is 8.96. The molecule has 0 N–H and O–H groups in total. The second-order valence-electron chi connectivity index (χ2n) is 6.43. The first kappa shape index (κ1) is 21.9. The molecule has 0 fully saturated rings. The van der Waals surface area contributed by atoms with Crippen molar-refractivity contribution < 1.29 is 4.74 Å². The smallest absolute Gasteiger partial charge is 0.162 e. The molecule has 160 valence electrons. The molecule has 0 radical (unpaired) electrons. The number of tetrazole rings is 2. The van der Waals surface area contributed by atoms with Crippen molar-refractivity contribution in [2.75, 3.05) is 0 Å². The lowest BCUT2D eigenvalue weighted by molar-refractivity contribution is -0.0395. The predicted molar refractivity (Wildman–Crippen MR) is 115 cm³/mol. The Morgan fingerprint density at radius 1 is 0.710 bits per heavy atom. The highest BCUT2D eigenvalue weighted by molar-refractivity contribution is 6.34. The fourth-order valence-corrected chi connectivity index (χ4v) is 3.83. The maximum Gasteiger partial charge on any atom is 0.162 e. The van der Waals surface area contributed by atoms with Crippen LogP contribution in [0.5, 0.6) is 0 Å². The van der Waals surface area contributed by atoms with Crippen LogP contribution in [0.25, 0.3) is 0 Å². The number of rotatable bonds is 8. The van der Waals surface area contributed by atoms with Gasteiger partial charge in [-0.3, -0.25) is 0 Å². The number of ether oxygens (including phenoxy) is 1. The summed E-state index contributed by atoms with van der Waals surface area (Å²) >= 11 is 25.4. The standard InChI is InChI=1S/C18H14Cl4N8O/c19-11-1-3-15(21)13(5-11)17(7-29-25-9-23-27-29)31-18(8-30-26-10-24-28-30)14-6-12(20)2-4-16(14)22/h1-6,9-10,17-18H,7-8H2. The number of nitrogens with zero attached hydrogens (tertiary/aromatic N) is 8. The Morgan fingerprint density at radius 2 is 1.16 bits per heavy atom. The van der Waals surface area contributed by atoms with Gasteiger partial charge in [-0.05, 0) is 46.8 Å². The molecule has 0 saturated carbocycles. The SMILES string of the molecule is Clc1ccc(Cl)c(C(Cn2ncnn2)OC(Cn2ncnn2)c2cc(Cl)ccc2Cl)c1. The van der Waals surface area contributed by atoms with E-state index in [0.29, 0.717) is 31.2 Å². The van der Waals surface area contributed by atoms with Gasteiger partial charge >= 0.3 is 0 Å². The van der Waals surface area contributed by atoms with Gasteiger partial charge in [0.05, 0.1) is 13.1 Å². The maximum atomic E-state index is 6.50. The van der Waals surface area contributed by atoms with E-state index in [0.717, 1.165) is 0 Å². The summed E-state index contributed by atoms with van der Waals surface area (Å²) in [4.78, 5) is 2.79. The molecule has 2 heterocycles. The van der Waals surface area contributed by atoms with Gasteiger partial charge in [-0.1, -0.05) is 46.4 Å². The molecule has 0 aliphatic carbocycles. The lowest BCUT2D eigenvalue weighted by atomic mass is 10.1. The van der Waals surface area contributed by atoms with Crippen molar-refractivity contribution in [3.05, 3.63) is 80.3 Å². The molecular formula is C18H14Cl4N8O. The predicted octanol–water partition coefficient (Wildman–Crippen LogP) is 4.47. The molecule has 2 atom stereocenters. The number of benzene rings is 2. The summed E-state index contributed by atoms with van der Waals surface area (Å²) in [6.45, 7) is 0.444. The molecule has 0 amide bonds. The van der Waals surface area contributed by atoms with Crippen LogP contribution in [0.4, 0.5) is 0 Å². The molecule has 13 heteroatoms. The molecule has 9 nitrogen and oxygen atoms in total. The van der Waals surface area contributed by atoms with Crippen LogP contribution >= 0.6 is 46.4 Å². The molecule has 4 rings (SSSR count). The van der Waals surface area contributed by atoms with Crippen molar-refractivity contribution in [1.82, 2.24) is 40.4 Å². The summed E-state index contributed by atoms with van der Waals surface area (Å²) in [5.74, 6) is 0. The number of hydrogen-bond donors (Lipinski definition) is 0. The summed E-state index contributed by atoms with van der Waals surface area (Å²) in [5, 5.41) is 25.5. The van der Waals surface area contributed by atoms with Crippen molar-refractivity contribution in [2.24, 2.45) is 0 Å². The van der Waals surface area contributed by atoms with Gasteiger partial charge in [0.1, 0.15) is 12.2 Å². The van der Waals surface area contributed by atoms with Crippen LogP contribution in [0.1, 0.15) is 23.3 Å². The molecule has 0 saturated heterocycles. The van der Waals surface area contributed by atoms with E-state index in [2.05, 4.69) is 30.8 Å². The highest BCUT2D eigenvalue weighted by Crippen LogP contribution is 2.37. The van der Waals surface area contributed by atoms with Crippen LogP contribution in [0, 0.1) is 0 Å². The fraction of sp³-hybridized carbons (Fsp3) is 0.222. The third-order valence-electron chi connectivity index (χ3n) is 4.38. The monoisotopic (exact) mass is 498 g/mol. The van der Waals surface area contributed by atoms with E-state index >= 15 is 0 Å². The molecular weight excluding hydrogens is 486 g/mol. The first-order valence-corrected chi connectivity index (χ1v) is 10.5. The summed E-state index contributed by atoms with van der Waals surface area (Å²) in [6.07, 6.45) is 1.45. The zero-order valence-electron chi connectivity index (χ0n) is 15.7. The van der Waals surface area contributed by atoms with E-state index in [1.54, 1.807) is 36.4 Å². The Balaban J connectivity index is 1.73. The van der Waals surface area contributed by atoms with E-state index in [-0.39, 0.29) is 13.1 Å². The number of hydrogen-bond acceptors (Lipinski definition) is 7. The lowest BCUT2D eigenvalue weighted by Gasteiger charge is -2.26. The maximum absolute atomic E-state index is 6.50. The third kappa shape index (κ3) is 5.50. The molecule has 2 aromatic heterocycles. The zero-order chi connectivity index (χ0) is 21.8. The third-order valence-corrected chi connectivity index (χ3v) is 5.54. The summed E-state index contributed by atoms with van der Waals surface area (Å²) < 4.78 is 6.50. The van der Waals surface area contributed by atoms with Gasteiger partial charge in [0.25, 0.3) is 0 Å². The van der Waals surface area contributed by atoms with Crippen LogP contribution in [-0.4, -0.2) is 40.4 Å². The van der Waals surface area contributed by atoms with E-state index in [4.69, 9.17) is 51.1 Å². The highest BCUT2D eigenvalue weighted by atomic mass is 35.5. The molecule has 0 spiro atoms. The van der Waals surface area contributed by atoms with E-state index in [1.165, 1.54) is 22.2 Å². The number of halogens is 4. The van der Waals surface area contributed by atoms with Gasteiger partial charge in [-0.25, -0.2) is 0 Å². The quantitative estimate of drug-likeness (QED) is 0.352. The molecule has 2 aromatic carbocycles. The van der Waals surface area contributed by atoms with Crippen LogP contribution in [0.15, 0.2) is 49.1 Å². The Morgan fingerprint density at radius 3 is 1.55 bits per heavy atom. The average molecular weight is 500 g/mol. The number of aromatic nitrogens is 8. The molecule has 0 bridgehead atoms. The van der Waals surface area contributed by atoms with Gasteiger partial charge in [-0.2, -0.15) is 9.59 Å². The van der Waals surface area contributed by atoms with Crippen molar-refractivity contribution in [3.63, 3.8) is 0 Å². The van der Waals surface area contributed by atoms with E-state index < -0.39 is 12.2 Å². The highest BCUT2D eigenvalue weighted by Gasteiger charge is 2.26. The minimum Gasteiger partial charge on any atom is -0.361 e. The van der Waals surface area contributed by atoms with Crippen LogP contribution < -0.4 is 0 Å². The van der Waals surface area contributed by atoms with E-state index in [1.807, 2.05) is 0 Å². The normalized spacial score (nSPS) is 13.3. The Hall–Kier alpha value is -2.30. The minimum atomic E-state index is -0.607. The molecule has 0 aliphatic rings. The van der Waals surface area contributed by atoms with Crippen molar-refractivity contribution in [2.45, 2.75) is 25.3 Å². The topological polar surface area (TPSA) is 96.4 Å². The fourth-order valence-electron chi connectivity index (χ4n) is 2.99. The summed E-state index contributed by atoms with van der Waals surface area (Å²) in [6, 6.07) is 10.3. The molecule has 4 aromatic rings. The van der Waals surface area contributed by atoms with Crippen molar-refractivity contribution >= 4 is 46.4 Å². The first-order chi connectivity index (χ1) is 15.0. The van der Waals surface area contributed by atoms with Gasteiger partial charge < -0.3 is 4.74 Å². The Bertz CT molecular complexity index is 1050. The second kappa shape index (κ2) is 9.88. The second-order valence-corrected chi connectivity index (χ2v) is 8.11. The van der Waals surface area contributed by atoms with Gasteiger partial charge in [0.2, 0.25) is 0 Å². The van der Waals surface area contributed by atoms with E-state index in [9.17, 15) is 0 Å². The van der Waals surface area contributed by atoms with Crippen LogP contribution in [-0.2, 0) is 17.8 Å². The molecule has 0 aliphatic heterocycles. The summed E-state index contributed by atoms with van der Waals surface area (Å²) in [7, 11) is 0. The largest absolute Gasteiger partial charge is 0.361 e. The van der Waals surface area contributed by atoms with Crippen LogP contribution in [0.2, 0.25) is 20.1 Å². The zero-order valence-corrected chi connectivity index (χ0v) is 18.7.